The third-order valence-corrected chi connectivity index (χ3v) is 8.72. The number of hydrogen-bond acceptors (Lipinski definition) is 7. The summed E-state index contributed by atoms with van der Waals surface area (Å²) in [5.74, 6) is -0.772. The molecule has 0 radical (unpaired) electrons. The first kappa shape index (κ1) is 23.4. The van der Waals surface area contributed by atoms with Crippen molar-refractivity contribution in [2.24, 2.45) is 11.7 Å². The molecule has 10 heteroatoms. The number of ketones is 1. The van der Waals surface area contributed by atoms with Crippen LogP contribution in [0.25, 0.3) is 10.6 Å². The lowest BCUT2D eigenvalue weighted by Gasteiger charge is -2.34. The SMILES string of the molecule is Cc1nccc(-c2cc([C@@H](C(=O)N3C[C@H](Cl)[C@H]4OCC(=O)[C@H]43)C3CCCCC3)c(C(N)=O)s2)n1. The van der Waals surface area contributed by atoms with Gasteiger partial charge in [-0.1, -0.05) is 19.3 Å². The van der Waals surface area contributed by atoms with Gasteiger partial charge in [-0.15, -0.1) is 22.9 Å². The van der Waals surface area contributed by atoms with Crippen LogP contribution in [0, 0.1) is 12.8 Å². The second-order valence-electron chi connectivity index (χ2n) is 9.32. The number of thiophene rings is 1. The van der Waals surface area contributed by atoms with Crippen molar-refractivity contribution in [1.82, 2.24) is 14.9 Å². The fourth-order valence-corrected chi connectivity index (χ4v) is 6.99. The summed E-state index contributed by atoms with van der Waals surface area (Å²) in [6.07, 6.45) is 6.11. The average Bonchev–Trinajstić information content (AvgIpc) is 3.51. The number of Topliss-reactive ketones (excluding diaryl/α,β-unsaturated/α-hetero) is 1. The van der Waals surface area contributed by atoms with Crippen LogP contribution in [-0.2, 0) is 14.3 Å². The summed E-state index contributed by atoms with van der Waals surface area (Å²) in [5, 5.41) is -0.440. The Kier molecular flexibility index (Phi) is 6.43. The second kappa shape index (κ2) is 9.36. The van der Waals surface area contributed by atoms with Crippen LogP contribution in [0.2, 0.25) is 0 Å². The molecule has 3 aliphatic rings. The van der Waals surface area contributed by atoms with E-state index in [2.05, 4.69) is 9.97 Å². The molecule has 8 nitrogen and oxygen atoms in total. The number of aromatic nitrogens is 2. The Morgan fingerprint density at radius 3 is 2.76 bits per heavy atom. The van der Waals surface area contributed by atoms with E-state index in [4.69, 9.17) is 22.1 Å². The monoisotopic (exact) mass is 502 g/mol. The molecule has 0 unspecified atom stereocenters. The number of aryl methyl sites for hydroxylation is 1. The first-order valence-corrected chi connectivity index (χ1v) is 12.9. The summed E-state index contributed by atoms with van der Waals surface area (Å²) in [7, 11) is 0. The molecule has 5 rings (SSSR count). The fourth-order valence-electron chi connectivity index (χ4n) is 5.61. The lowest BCUT2D eigenvalue weighted by molar-refractivity contribution is -0.139. The lowest BCUT2D eigenvalue weighted by Crippen LogP contribution is -2.46. The van der Waals surface area contributed by atoms with E-state index >= 15 is 0 Å². The molecule has 0 bridgehead atoms. The molecular weight excluding hydrogens is 476 g/mol. The highest BCUT2D eigenvalue weighted by Crippen LogP contribution is 2.44. The average molecular weight is 503 g/mol. The number of hydrogen-bond donors (Lipinski definition) is 1. The number of likely N-dealkylation sites (tertiary alicyclic amines) is 1. The van der Waals surface area contributed by atoms with Crippen molar-refractivity contribution >= 4 is 40.5 Å². The Hall–Kier alpha value is -2.36. The van der Waals surface area contributed by atoms with Gasteiger partial charge in [-0.05, 0) is 43.4 Å². The number of alkyl halides is 1. The van der Waals surface area contributed by atoms with E-state index < -0.39 is 29.3 Å². The molecule has 1 saturated carbocycles. The number of carbonyl (C=O) groups excluding carboxylic acids is 3. The highest BCUT2D eigenvalue weighted by atomic mass is 35.5. The third-order valence-electron chi connectivity index (χ3n) is 7.14. The normalized spacial score (nSPS) is 26.0. The van der Waals surface area contributed by atoms with E-state index in [1.165, 1.54) is 11.3 Å². The number of fused-ring (bicyclic) bond motifs is 1. The van der Waals surface area contributed by atoms with Gasteiger partial charge >= 0.3 is 0 Å². The smallest absolute Gasteiger partial charge is 0.259 e. The van der Waals surface area contributed by atoms with Crippen molar-refractivity contribution in [3.05, 3.63) is 34.6 Å². The Bertz CT molecular complexity index is 1130. The van der Waals surface area contributed by atoms with Gasteiger partial charge in [-0.3, -0.25) is 14.4 Å². The molecule has 2 aromatic heterocycles. The molecular formula is C24H27ClN4O4S. The minimum atomic E-state index is -0.666. The molecule has 2 saturated heterocycles. The van der Waals surface area contributed by atoms with Crippen LogP contribution in [0.5, 0.6) is 0 Å². The van der Waals surface area contributed by atoms with Crippen LogP contribution in [0.3, 0.4) is 0 Å². The van der Waals surface area contributed by atoms with Gasteiger partial charge in [0.15, 0.2) is 5.78 Å². The zero-order valence-electron chi connectivity index (χ0n) is 18.9. The highest BCUT2D eigenvalue weighted by molar-refractivity contribution is 7.17. The summed E-state index contributed by atoms with van der Waals surface area (Å²) in [6.45, 7) is 2.02. The van der Waals surface area contributed by atoms with Crippen LogP contribution >= 0.6 is 22.9 Å². The van der Waals surface area contributed by atoms with Gasteiger partial charge in [0, 0.05) is 12.7 Å². The van der Waals surface area contributed by atoms with E-state index in [0.29, 0.717) is 22.0 Å². The number of amides is 2. The molecule has 3 fully saturated rings. The Morgan fingerprint density at radius 2 is 2.06 bits per heavy atom. The zero-order chi connectivity index (χ0) is 24.0. The number of nitrogens with zero attached hydrogens (tertiary/aromatic N) is 3. The molecule has 2 aromatic rings. The van der Waals surface area contributed by atoms with Crippen molar-refractivity contribution in [3.8, 4) is 10.6 Å². The van der Waals surface area contributed by atoms with Gasteiger partial charge in [-0.2, -0.15) is 0 Å². The van der Waals surface area contributed by atoms with Gasteiger partial charge in [0.1, 0.15) is 24.6 Å². The minimum absolute atomic E-state index is 0.0291. The second-order valence-corrected chi connectivity index (χ2v) is 10.9. The molecule has 0 aromatic carbocycles. The molecule has 0 spiro atoms. The number of carbonyl (C=O) groups is 3. The quantitative estimate of drug-likeness (QED) is 0.628. The van der Waals surface area contributed by atoms with Gasteiger partial charge in [0.2, 0.25) is 5.91 Å². The standard InChI is InChI=1S/C24H27ClN4O4S/c1-12-27-8-7-16(28-12)18-9-14(22(34-18)23(26)31)19(13-5-3-2-4-6-13)24(32)29-10-15(25)21-20(29)17(30)11-33-21/h7-9,13,15,19-21H,2-6,10-11H2,1H3,(H2,26,31)/t15-,19-,20+,21+/m0/s1. The Morgan fingerprint density at radius 1 is 1.29 bits per heavy atom. The third kappa shape index (κ3) is 4.14. The van der Waals surface area contributed by atoms with Crippen LogP contribution in [0.1, 0.15) is 59.1 Å². The number of nitrogens with two attached hydrogens (primary N) is 1. The van der Waals surface area contributed by atoms with Crippen LogP contribution in [0.15, 0.2) is 18.3 Å². The maximum atomic E-state index is 14.1. The predicted molar refractivity (Wildman–Crippen MR) is 128 cm³/mol. The maximum absolute atomic E-state index is 14.1. The number of ether oxygens (including phenoxy) is 1. The van der Waals surface area contributed by atoms with Crippen molar-refractivity contribution in [1.29, 1.82) is 0 Å². The zero-order valence-corrected chi connectivity index (χ0v) is 20.5. The molecule has 2 amide bonds. The molecule has 2 N–H and O–H groups in total. The Balaban J connectivity index is 1.58. The van der Waals surface area contributed by atoms with E-state index in [1.54, 1.807) is 24.1 Å². The van der Waals surface area contributed by atoms with Gasteiger partial charge < -0.3 is 15.4 Å². The van der Waals surface area contributed by atoms with Crippen molar-refractivity contribution in [3.63, 3.8) is 0 Å². The van der Waals surface area contributed by atoms with Gasteiger partial charge in [0.05, 0.1) is 26.7 Å². The van der Waals surface area contributed by atoms with Crippen molar-refractivity contribution in [2.75, 3.05) is 13.2 Å². The summed E-state index contributed by atoms with van der Waals surface area (Å²) in [6, 6.07) is 2.99. The number of halogens is 1. The molecule has 34 heavy (non-hydrogen) atoms. The van der Waals surface area contributed by atoms with E-state index in [1.807, 2.05) is 6.07 Å². The van der Waals surface area contributed by atoms with Crippen LogP contribution in [-0.4, -0.2) is 63.1 Å². The Labute approximate surface area is 206 Å². The predicted octanol–water partition coefficient (Wildman–Crippen LogP) is 3.06. The first-order valence-electron chi connectivity index (χ1n) is 11.7. The van der Waals surface area contributed by atoms with Gasteiger partial charge in [-0.25, -0.2) is 9.97 Å². The highest BCUT2D eigenvalue weighted by Gasteiger charge is 2.53. The van der Waals surface area contributed by atoms with Crippen LogP contribution < -0.4 is 5.73 Å². The first-order chi connectivity index (χ1) is 16.3. The summed E-state index contributed by atoms with van der Waals surface area (Å²) in [4.78, 5) is 50.6. The topological polar surface area (TPSA) is 115 Å². The van der Waals surface area contributed by atoms with E-state index in [0.717, 1.165) is 37.0 Å². The van der Waals surface area contributed by atoms with Crippen molar-refractivity contribution < 1.29 is 19.1 Å². The van der Waals surface area contributed by atoms with Crippen LogP contribution in [0.4, 0.5) is 0 Å². The van der Waals surface area contributed by atoms with E-state index in [9.17, 15) is 14.4 Å². The lowest BCUT2D eigenvalue weighted by atomic mass is 9.76. The number of primary amides is 1. The molecule has 4 heterocycles. The molecule has 1 aliphatic carbocycles. The largest absolute Gasteiger partial charge is 0.366 e. The molecule has 2 aliphatic heterocycles. The summed E-state index contributed by atoms with van der Waals surface area (Å²) >= 11 is 7.73. The molecule has 4 atom stereocenters. The molecule has 180 valence electrons. The summed E-state index contributed by atoms with van der Waals surface area (Å²) in [5.41, 5.74) is 7.11. The summed E-state index contributed by atoms with van der Waals surface area (Å²) < 4.78 is 5.59. The van der Waals surface area contributed by atoms with E-state index in [-0.39, 0.29) is 30.8 Å². The minimum Gasteiger partial charge on any atom is -0.366 e. The van der Waals surface area contributed by atoms with Gasteiger partial charge in [0.25, 0.3) is 5.91 Å². The van der Waals surface area contributed by atoms with Crippen molar-refractivity contribution in [2.45, 2.75) is 62.5 Å². The maximum Gasteiger partial charge on any atom is 0.259 e. The number of rotatable bonds is 5. The fraction of sp³-hybridized carbons (Fsp3) is 0.542.